The van der Waals surface area contributed by atoms with Gasteiger partial charge in [-0.25, -0.2) is 4.21 Å². The van der Waals surface area contributed by atoms with Gasteiger partial charge in [0.15, 0.2) is 5.41 Å². The molecular formula is C23H26O5S. The van der Waals surface area contributed by atoms with Crippen LogP contribution in [0.3, 0.4) is 0 Å². The Hall–Kier alpha value is -2.73. The number of hydrogen-bond acceptors (Lipinski definition) is 5. The van der Waals surface area contributed by atoms with Crippen molar-refractivity contribution in [2.45, 2.75) is 32.1 Å². The average Bonchev–Trinajstić information content (AvgIpc) is 2.72. The lowest BCUT2D eigenvalue weighted by molar-refractivity contribution is -0.167. The molecule has 0 aromatic heterocycles. The zero-order valence-corrected chi connectivity index (χ0v) is 17.7. The number of hydrogen-bond donors (Lipinski definition) is 0. The first-order valence-electron chi connectivity index (χ1n) is 9.48. The van der Waals surface area contributed by atoms with Gasteiger partial charge in [-0.1, -0.05) is 48.0 Å². The Labute approximate surface area is 174 Å². The topological polar surface area (TPSA) is 69.7 Å². The first-order chi connectivity index (χ1) is 13.9. The molecule has 0 spiro atoms. The summed E-state index contributed by atoms with van der Waals surface area (Å²) in [4.78, 5) is 26.4. The fourth-order valence-electron chi connectivity index (χ4n) is 2.79. The second-order valence-electron chi connectivity index (χ2n) is 6.49. The normalized spacial score (nSPS) is 12.5. The molecule has 0 N–H and O–H groups in total. The highest BCUT2D eigenvalue weighted by Gasteiger charge is 2.47. The van der Waals surface area contributed by atoms with Crippen molar-refractivity contribution in [2.24, 2.45) is 5.41 Å². The molecule has 0 saturated heterocycles. The first kappa shape index (κ1) is 22.6. The minimum atomic E-state index is -1.71. The molecule has 0 aliphatic rings. The van der Waals surface area contributed by atoms with Crippen LogP contribution in [-0.2, 0) is 36.3 Å². The second kappa shape index (κ2) is 10.7. The highest BCUT2D eigenvalue weighted by atomic mass is 32.2. The van der Waals surface area contributed by atoms with Gasteiger partial charge >= 0.3 is 11.9 Å². The number of rotatable bonds is 9. The van der Waals surface area contributed by atoms with Crippen LogP contribution in [0.15, 0.2) is 71.0 Å². The lowest BCUT2D eigenvalue weighted by Crippen LogP contribution is -2.42. The smallest absolute Gasteiger partial charge is 0.327 e. The Morgan fingerprint density at radius 3 is 2.00 bits per heavy atom. The lowest BCUT2D eigenvalue weighted by Gasteiger charge is -2.26. The minimum Gasteiger partial charge on any atom is -0.465 e. The van der Waals surface area contributed by atoms with E-state index in [1.807, 2.05) is 49.4 Å². The molecule has 2 aromatic rings. The number of ether oxygens (including phenoxy) is 2. The molecule has 1 atom stereocenters. The predicted octanol–water partition coefficient (Wildman–Crippen LogP) is 3.97. The Bertz CT molecular complexity index is 854. The van der Waals surface area contributed by atoms with E-state index in [9.17, 15) is 13.8 Å². The van der Waals surface area contributed by atoms with Gasteiger partial charge < -0.3 is 9.47 Å². The summed E-state index contributed by atoms with van der Waals surface area (Å²) in [5.74, 6) is -1.45. The van der Waals surface area contributed by atoms with Gasteiger partial charge in [0.1, 0.15) is 0 Å². The summed E-state index contributed by atoms with van der Waals surface area (Å²) in [5.41, 5.74) is 0.0962. The summed E-state index contributed by atoms with van der Waals surface area (Å²) in [6, 6.07) is 16.4. The third kappa shape index (κ3) is 5.87. The van der Waals surface area contributed by atoms with Gasteiger partial charge in [0.2, 0.25) is 0 Å². The third-order valence-electron chi connectivity index (χ3n) is 4.33. The van der Waals surface area contributed by atoms with Crippen molar-refractivity contribution in [3.8, 4) is 0 Å². The SMILES string of the molecule is CCOC(=O)C(/C=C\[S@](=O)c1ccc(C)cc1)(Cc1ccccc1)C(=O)OCC. The summed E-state index contributed by atoms with van der Waals surface area (Å²) < 4.78 is 23.2. The molecular weight excluding hydrogens is 388 g/mol. The summed E-state index contributed by atoms with van der Waals surface area (Å²) in [7, 11) is -1.53. The van der Waals surface area contributed by atoms with Crippen molar-refractivity contribution >= 4 is 22.7 Å². The number of carbonyl (C=O) groups excluding carboxylic acids is 2. The van der Waals surface area contributed by atoms with Crippen LogP contribution in [0.2, 0.25) is 0 Å². The van der Waals surface area contributed by atoms with Crippen LogP contribution < -0.4 is 0 Å². The second-order valence-corrected chi connectivity index (χ2v) is 7.83. The van der Waals surface area contributed by atoms with Crippen LogP contribution in [0.1, 0.15) is 25.0 Å². The molecule has 0 bridgehead atoms. The van der Waals surface area contributed by atoms with Crippen molar-refractivity contribution < 1.29 is 23.3 Å². The van der Waals surface area contributed by atoms with Gasteiger partial charge in [-0.2, -0.15) is 0 Å². The van der Waals surface area contributed by atoms with Crippen LogP contribution in [-0.4, -0.2) is 29.4 Å². The van der Waals surface area contributed by atoms with Gasteiger partial charge in [0, 0.05) is 16.7 Å². The lowest BCUT2D eigenvalue weighted by atomic mass is 9.81. The number of aryl methyl sites for hydroxylation is 1. The zero-order valence-electron chi connectivity index (χ0n) is 16.9. The summed E-state index contributed by atoms with van der Waals surface area (Å²) in [6.07, 6.45) is 1.42. The van der Waals surface area contributed by atoms with E-state index < -0.39 is 28.2 Å². The van der Waals surface area contributed by atoms with Gasteiger partial charge in [-0.05, 0) is 44.5 Å². The van der Waals surface area contributed by atoms with Gasteiger partial charge in [0.05, 0.1) is 24.0 Å². The minimum absolute atomic E-state index is 0.0487. The molecule has 2 rings (SSSR count). The van der Waals surface area contributed by atoms with E-state index in [0.717, 1.165) is 11.1 Å². The number of esters is 2. The van der Waals surface area contributed by atoms with Crippen molar-refractivity contribution in [1.82, 2.24) is 0 Å². The molecule has 5 nitrogen and oxygen atoms in total. The Morgan fingerprint density at radius 1 is 0.931 bits per heavy atom. The Kier molecular flexibility index (Phi) is 8.34. The van der Waals surface area contributed by atoms with Crippen LogP contribution in [0.5, 0.6) is 0 Å². The van der Waals surface area contributed by atoms with Crippen LogP contribution in [0, 0.1) is 12.3 Å². The van der Waals surface area contributed by atoms with E-state index in [2.05, 4.69) is 0 Å². The van der Waals surface area contributed by atoms with Crippen molar-refractivity contribution in [1.29, 1.82) is 0 Å². The molecule has 29 heavy (non-hydrogen) atoms. The van der Waals surface area contributed by atoms with Gasteiger partial charge in [-0.3, -0.25) is 9.59 Å². The van der Waals surface area contributed by atoms with E-state index in [-0.39, 0.29) is 19.6 Å². The molecule has 0 fully saturated rings. The van der Waals surface area contributed by atoms with Crippen LogP contribution in [0.4, 0.5) is 0 Å². The maximum absolute atomic E-state index is 12.9. The fourth-order valence-corrected chi connectivity index (χ4v) is 3.71. The fraction of sp³-hybridized carbons (Fsp3) is 0.304. The maximum atomic E-state index is 12.9. The average molecular weight is 415 g/mol. The van der Waals surface area contributed by atoms with Gasteiger partial charge in [0.25, 0.3) is 0 Å². The molecule has 2 aromatic carbocycles. The van der Waals surface area contributed by atoms with E-state index >= 15 is 0 Å². The summed E-state index contributed by atoms with van der Waals surface area (Å²) in [5, 5.41) is 1.36. The number of benzene rings is 2. The van der Waals surface area contributed by atoms with Crippen LogP contribution in [0.25, 0.3) is 0 Å². The molecule has 6 heteroatoms. The van der Waals surface area contributed by atoms with E-state index in [1.54, 1.807) is 26.0 Å². The standard InChI is InChI=1S/C23H26O5S/c1-4-27-21(24)23(22(25)28-5-2,17-19-9-7-6-8-10-19)15-16-29(26)20-13-11-18(3)12-14-20/h6-16H,4-5,17H2,1-3H3/b16-15-/t29-/m0/s1. The largest absolute Gasteiger partial charge is 0.465 e. The van der Waals surface area contributed by atoms with Crippen molar-refractivity contribution in [3.05, 3.63) is 77.2 Å². The Balaban J connectivity index is 2.47. The molecule has 0 unspecified atom stereocenters. The van der Waals surface area contributed by atoms with Crippen molar-refractivity contribution in [3.63, 3.8) is 0 Å². The van der Waals surface area contributed by atoms with Crippen molar-refractivity contribution in [2.75, 3.05) is 13.2 Å². The van der Waals surface area contributed by atoms with E-state index in [0.29, 0.717) is 4.90 Å². The molecule has 0 aliphatic heterocycles. The molecule has 0 heterocycles. The summed E-state index contributed by atoms with van der Waals surface area (Å²) >= 11 is 0. The summed E-state index contributed by atoms with van der Waals surface area (Å²) in [6.45, 7) is 5.51. The van der Waals surface area contributed by atoms with E-state index in [4.69, 9.17) is 9.47 Å². The molecule has 154 valence electrons. The molecule has 0 amide bonds. The highest BCUT2D eigenvalue weighted by Crippen LogP contribution is 2.30. The monoisotopic (exact) mass is 414 g/mol. The number of carbonyl (C=O) groups is 2. The Morgan fingerprint density at radius 2 is 1.48 bits per heavy atom. The quantitative estimate of drug-likeness (QED) is 0.459. The third-order valence-corrected chi connectivity index (χ3v) is 5.45. The highest BCUT2D eigenvalue weighted by molar-refractivity contribution is 7.88. The van der Waals surface area contributed by atoms with Gasteiger partial charge in [-0.15, -0.1) is 0 Å². The molecule has 0 saturated carbocycles. The molecule has 0 aliphatic carbocycles. The van der Waals surface area contributed by atoms with Crippen LogP contribution >= 0.6 is 0 Å². The molecule has 0 radical (unpaired) electrons. The zero-order chi connectivity index (χ0) is 21.3. The maximum Gasteiger partial charge on any atom is 0.327 e. The predicted molar refractivity (Wildman–Crippen MR) is 113 cm³/mol. The van der Waals surface area contributed by atoms with E-state index in [1.165, 1.54) is 11.5 Å². The first-order valence-corrected chi connectivity index (χ1v) is 10.7.